The summed E-state index contributed by atoms with van der Waals surface area (Å²) >= 11 is 0. The van der Waals surface area contributed by atoms with E-state index in [0.717, 1.165) is 25.7 Å². The van der Waals surface area contributed by atoms with Gasteiger partial charge in [-0.15, -0.1) is 0 Å². The fourth-order valence-electron chi connectivity index (χ4n) is 2.40. The van der Waals surface area contributed by atoms with E-state index in [9.17, 15) is 14.7 Å². The molecular weight excluding hydrogens is 208 g/mol. The van der Waals surface area contributed by atoms with Gasteiger partial charge in [-0.2, -0.15) is 0 Å². The number of hydrogen-bond donors (Lipinski definition) is 3. The summed E-state index contributed by atoms with van der Waals surface area (Å²) in [6, 6.07) is -0.405. The molecule has 1 saturated heterocycles. The number of rotatable bonds is 3. The fourth-order valence-corrected chi connectivity index (χ4v) is 2.40. The molecule has 0 aromatic heterocycles. The summed E-state index contributed by atoms with van der Waals surface area (Å²) in [6.45, 7) is 0.304. The lowest BCUT2D eigenvalue weighted by Crippen LogP contribution is -2.47. The molecule has 90 valence electrons. The molecule has 16 heavy (non-hydrogen) atoms. The highest BCUT2D eigenvalue weighted by atomic mass is 16.3. The van der Waals surface area contributed by atoms with Crippen LogP contribution in [0.15, 0.2) is 0 Å². The maximum atomic E-state index is 11.7. The third-order valence-corrected chi connectivity index (χ3v) is 3.44. The molecule has 5 nitrogen and oxygen atoms in total. The zero-order valence-corrected chi connectivity index (χ0v) is 9.29. The van der Waals surface area contributed by atoms with Gasteiger partial charge in [0.2, 0.25) is 11.8 Å². The Morgan fingerprint density at radius 2 is 2.19 bits per heavy atom. The number of aliphatic hydroxyl groups is 1. The first-order valence-electron chi connectivity index (χ1n) is 5.89. The summed E-state index contributed by atoms with van der Waals surface area (Å²) in [5, 5.41) is 15.4. The van der Waals surface area contributed by atoms with E-state index in [4.69, 9.17) is 0 Å². The van der Waals surface area contributed by atoms with Crippen molar-refractivity contribution in [3.63, 3.8) is 0 Å². The molecule has 3 N–H and O–H groups in total. The Balaban J connectivity index is 1.77. The van der Waals surface area contributed by atoms with E-state index >= 15 is 0 Å². The molecule has 2 amide bonds. The first-order chi connectivity index (χ1) is 7.59. The van der Waals surface area contributed by atoms with Crippen molar-refractivity contribution < 1.29 is 14.7 Å². The van der Waals surface area contributed by atoms with Gasteiger partial charge in [0.1, 0.15) is 6.04 Å². The molecule has 2 fully saturated rings. The Bertz CT molecular complexity index is 298. The van der Waals surface area contributed by atoms with E-state index in [-0.39, 0.29) is 11.8 Å². The van der Waals surface area contributed by atoms with E-state index in [1.807, 2.05) is 0 Å². The second-order valence-corrected chi connectivity index (χ2v) is 4.81. The third kappa shape index (κ3) is 2.52. The third-order valence-electron chi connectivity index (χ3n) is 3.44. The van der Waals surface area contributed by atoms with Gasteiger partial charge in [-0.05, 0) is 19.3 Å². The zero-order valence-electron chi connectivity index (χ0n) is 9.29. The second kappa shape index (κ2) is 4.41. The lowest BCUT2D eigenvalue weighted by molar-refractivity contribution is -0.126. The Hall–Kier alpha value is -1.10. The van der Waals surface area contributed by atoms with Crippen LogP contribution >= 0.6 is 0 Å². The maximum absolute atomic E-state index is 11.7. The van der Waals surface area contributed by atoms with Crippen molar-refractivity contribution in [1.29, 1.82) is 0 Å². The van der Waals surface area contributed by atoms with Crippen LogP contribution < -0.4 is 10.6 Å². The number of carbonyl (C=O) groups is 2. The number of hydrogen-bond acceptors (Lipinski definition) is 3. The average Bonchev–Trinajstić information content (AvgIpc) is 2.85. The molecule has 0 aromatic rings. The summed E-state index contributed by atoms with van der Waals surface area (Å²) in [4.78, 5) is 22.6. The Morgan fingerprint density at radius 1 is 1.50 bits per heavy atom. The molecule has 1 aliphatic carbocycles. The van der Waals surface area contributed by atoms with Crippen molar-refractivity contribution in [2.24, 2.45) is 0 Å². The van der Waals surface area contributed by atoms with Crippen LogP contribution in [0.4, 0.5) is 0 Å². The van der Waals surface area contributed by atoms with Crippen molar-refractivity contribution in [3.05, 3.63) is 0 Å². The van der Waals surface area contributed by atoms with Gasteiger partial charge < -0.3 is 15.7 Å². The van der Waals surface area contributed by atoms with Crippen LogP contribution in [0.1, 0.15) is 38.5 Å². The van der Waals surface area contributed by atoms with E-state index in [0.29, 0.717) is 19.4 Å². The summed E-state index contributed by atoms with van der Waals surface area (Å²) in [7, 11) is 0. The maximum Gasteiger partial charge on any atom is 0.242 e. The Kier molecular flexibility index (Phi) is 3.14. The molecule has 0 unspecified atom stereocenters. The van der Waals surface area contributed by atoms with Crippen LogP contribution in [0, 0.1) is 0 Å². The van der Waals surface area contributed by atoms with Gasteiger partial charge in [-0.1, -0.05) is 12.8 Å². The minimum atomic E-state index is -0.724. The quantitative estimate of drug-likeness (QED) is 0.617. The number of nitrogens with one attached hydrogen (secondary N) is 2. The minimum Gasteiger partial charge on any atom is -0.388 e. The lowest BCUT2D eigenvalue weighted by atomic mass is 10.0. The van der Waals surface area contributed by atoms with Crippen molar-refractivity contribution in [3.8, 4) is 0 Å². The number of carbonyl (C=O) groups excluding carboxylic acids is 2. The molecular formula is C11H18N2O3. The lowest BCUT2D eigenvalue weighted by Gasteiger charge is -2.23. The van der Waals surface area contributed by atoms with Crippen molar-refractivity contribution in [2.45, 2.75) is 50.2 Å². The fraction of sp³-hybridized carbons (Fsp3) is 0.818. The molecule has 0 aromatic carbocycles. The zero-order chi connectivity index (χ0) is 11.6. The van der Waals surface area contributed by atoms with E-state index in [2.05, 4.69) is 10.6 Å². The second-order valence-electron chi connectivity index (χ2n) is 4.81. The van der Waals surface area contributed by atoms with Crippen molar-refractivity contribution in [2.75, 3.05) is 6.54 Å². The molecule has 5 heteroatoms. The van der Waals surface area contributed by atoms with Crippen molar-refractivity contribution in [1.82, 2.24) is 10.6 Å². The van der Waals surface area contributed by atoms with Gasteiger partial charge >= 0.3 is 0 Å². The topological polar surface area (TPSA) is 78.4 Å². The van der Waals surface area contributed by atoms with Gasteiger partial charge in [0.15, 0.2) is 0 Å². The Labute approximate surface area is 94.6 Å². The molecule has 0 radical (unpaired) electrons. The summed E-state index contributed by atoms with van der Waals surface area (Å²) in [5.74, 6) is -0.245. The van der Waals surface area contributed by atoms with Gasteiger partial charge in [0.05, 0.1) is 5.60 Å². The predicted molar refractivity (Wildman–Crippen MR) is 57.6 cm³/mol. The van der Waals surface area contributed by atoms with Crippen LogP contribution in [-0.4, -0.2) is 35.1 Å². The minimum absolute atomic E-state index is 0.0697. The smallest absolute Gasteiger partial charge is 0.242 e. The molecule has 1 atom stereocenters. The van der Waals surface area contributed by atoms with Crippen LogP contribution in [0.5, 0.6) is 0 Å². The largest absolute Gasteiger partial charge is 0.388 e. The average molecular weight is 226 g/mol. The van der Waals surface area contributed by atoms with E-state index in [1.54, 1.807) is 0 Å². The standard InChI is InChI=1S/C11H18N2O3/c14-9-4-3-8(13-9)10(15)12-7-11(16)5-1-2-6-11/h8,16H,1-7H2,(H,12,15)(H,13,14)/t8-/m0/s1. The summed E-state index contributed by atoms with van der Waals surface area (Å²) in [6.07, 6.45) is 4.53. The first-order valence-corrected chi connectivity index (χ1v) is 5.89. The molecule has 2 rings (SSSR count). The molecule has 0 spiro atoms. The van der Waals surface area contributed by atoms with Crippen molar-refractivity contribution >= 4 is 11.8 Å². The molecule has 1 saturated carbocycles. The van der Waals surface area contributed by atoms with Gasteiger partial charge in [-0.3, -0.25) is 9.59 Å². The normalized spacial score (nSPS) is 27.8. The molecule has 1 heterocycles. The van der Waals surface area contributed by atoms with Crippen LogP contribution in [-0.2, 0) is 9.59 Å². The van der Waals surface area contributed by atoms with Crippen LogP contribution in [0.25, 0.3) is 0 Å². The van der Waals surface area contributed by atoms with E-state index in [1.165, 1.54) is 0 Å². The van der Waals surface area contributed by atoms with E-state index < -0.39 is 11.6 Å². The molecule has 1 aliphatic heterocycles. The molecule has 0 bridgehead atoms. The predicted octanol–water partition coefficient (Wildman–Crippen LogP) is -0.314. The van der Waals surface area contributed by atoms with Gasteiger partial charge in [-0.25, -0.2) is 0 Å². The summed E-state index contributed by atoms with van der Waals surface area (Å²) in [5.41, 5.74) is -0.724. The molecule has 2 aliphatic rings. The van der Waals surface area contributed by atoms with Gasteiger partial charge in [0.25, 0.3) is 0 Å². The van der Waals surface area contributed by atoms with Gasteiger partial charge in [0, 0.05) is 13.0 Å². The number of amides is 2. The monoisotopic (exact) mass is 226 g/mol. The highest BCUT2D eigenvalue weighted by molar-refractivity contribution is 5.90. The Morgan fingerprint density at radius 3 is 2.75 bits per heavy atom. The SMILES string of the molecule is O=C1CC[C@@H](C(=O)NCC2(O)CCCC2)N1. The first kappa shape index (κ1) is 11.4. The van der Waals surface area contributed by atoms with Crippen LogP contribution in [0.2, 0.25) is 0 Å². The highest BCUT2D eigenvalue weighted by Gasteiger charge is 2.33. The highest BCUT2D eigenvalue weighted by Crippen LogP contribution is 2.28. The summed E-state index contributed by atoms with van der Waals surface area (Å²) < 4.78 is 0. The van der Waals surface area contributed by atoms with Crippen LogP contribution in [0.3, 0.4) is 0 Å².